The second-order valence-electron chi connectivity index (χ2n) is 4.81. The van der Waals surface area contributed by atoms with Crippen molar-refractivity contribution in [3.63, 3.8) is 0 Å². The molecule has 1 aromatic carbocycles. The molecule has 0 aliphatic carbocycles. The summed E-state index contributed by atoms with van der Waals surface area (Å²) in [6.07, 6.45) is -0.164. The number of morpholine rings is 1. The zero-order valence-electron chi connectivity index (χ0n) is 11.5. The van der Waals surface area contributed by atoms with E-state index in [0.717, 1.165) is 12.6 Å². The first kappa shape index (κ1) is 15.2. The first-order valence-corrected chi connectivity index (χ1v) is 6.42. The minimum absolute atomic E-state index is 0.0434. The molecule has 8 nitrogen and oxygen atoms in total. The number of nitro groups is 1. The summed E-state index contributed by atoms with van der Waals surface area (Å²) in [6, 6.07) is 3.57. The number of aromatic carboxylic acids is 1. The molecule has 1 N–H and O–H groups in total. The van der Waals surface area contributed by atoms with E-state index >= 15 is 0 Å². The molecule has 0 amide bonds. The highest BCUT2D eigenvalue weighted by Gasteiger charge is 2.22. The average Bonchev–Trinajstić information content (AvgIpc) is 2.44. The van der Waals surface area contributed by atoms with Gasteiger partial charge >= 0.3 is 11.7 Å². The van der Waals surface area contributed by atoms with Crippen LogP contribution in [0, 0.1) is 10.1 Å². The van der Waals surface area contributed by atoms with Crippen LogP contribution in [-0.4, -0.2) is 60.4 Å². The molecule has 2 rings (SSSR count). The first-order chi connectivity index (χ1) is 9.97. The molecular weight excluding hydrogens is 280 g/mol. The Morgan fingerprint density at radius 1 is 1.62 bits per heavy atom. The lowest BCUT2D eigenvalue weighted by molar-refractivity contribution is -0.386. The molecule has 1 heterocycles. The molecule has 1 aliphatic heterocycles. The van der Waals surface area contributed by atoms with Crippen LogP contribution in [0.25, 0.3) is 0 Å². The Morgan fingerprint density at radius 3 is 3.00 bits per heavy atom. The third kappa shape index (κ3) is 3.89. The number of nitrogens with zero attached hydrogens (tertiary/aromatic N) is 2. The topological polar surface area (TPSA) is 102 Å². The lowest BCUT2D eigenvalue weighted by Crippen LogP contribution is -2.42. The highest BCUT2D eigenvalue weighted by Crippen LogP contribution is 2.28. The van der Waals surface area contributed by atoms with Crippen LogP contribution in [-0.2, 0) is 4.74 Å². The Labute approximate surface area is 121 Å². The van der Waals surface area contributed by atoms with Gasteiger partial charge in [-0.15, -0.1) is 0 Å². The molecule has 0 spiro atoms. The Hall–Kier alpha value is -2.19. The Kier molecular flexibility index (Phi) is 4.71. The van der Waals surface area contributed by atoms with Crippen molar-refractivity contribution in [2.45, 2.75) is 6.10 Å². The largest absolute Gasteiger partial charge is 0.484 e. The van der Waals surface area contributed by atoms with Crippen molar-refractivity contribution >= 4 is 11.7 Å². The lowest BCUT2D eigenvalue weighted by atomic mass is 10.2. The van der Waals surface area contributed by atoms with Gasteiger partial charge in [0.25, 0.3) is 0 Å². The van der Waals surface area contributed by atoms with Crippen LogP contribution in [0.2, 0.25) is 0 Å². The van der Waals surface area contributed by atoms with Crippen LogP contribution in [0.3, 0.4) is 0 Å². The van der Waals surface area contributed by atoms with Crippen LogP contribution >= 0.6 is 0 Å². The summed E-state index contributed by atoms with van der Waals surface area (Å²) in [6.45, 7) is 2.28. The monoisotopic (exact) mass is 296 g/mol. The number of carboxylic acid groups (broad SMARTS) is 1. The molecule has 114 valence electrons. The molecule has 0 bridgehead atoms. The zero-order chi connectivity index (χ0) is 15.4. The van der Waals surface area contributed by atoms with E-state index in [1.54, 1.807) is 0 Å². The second kappa shape index (κ2) is 6.51. The molecule has 1 aliphatic rings. The van der Waals surface area contributed by atoms with Crippen molar-refractivity contribution in [2.24, 2.45) is 0 Å². The van der Waals surface area contributed by atoms with Gasteiger partial charge in [0.2, 0.25) is 0 Å². The molecule has 1 unspecified atom stereocenters. The molecule has 21 heavy (non-hydrogen) atoms. The third-order valence-corrected chi connectivity index (χ3v) is 3.17. The average molecular weight is 296 g/mol. The number of carboxylic acids is 1. The molecule has 1 saturated heterocycles. The predicted molar refractivity (Wildman–Crippen MR) is 72.8 cm³/mol. The van der Waals surface area contributed by atoms with Gasteiger partial charge in [-0.3, -0.25) is 10.1 Å². The van der Waals surface area contributed by atoms with E-state index in [2.05, 4.69) is 4.90 Å². The number of hydrogen-bond acceptors (Lipinski definition) is 6. The quantitative estimate of drug-likeness (QED) is 0.638. The van der Waals surface area contributed by atoms with Gasteiger partial charge in [0.15, 0.2) is 5.75 Å². The van der Waals surface area contributed by atoms with E-state index in [1.165, 1.54) is 12.1 Å². The van der Waals surface area contributed by atoms with Gasteiger partial charge < -0.3 is 19.5 Å². The first-order valence-electron chi connectivity index (χ1n) is 6.42. The van der Waals surface area contributed by atoms with Crippen LogP contribution in [0.4, 0.5) is 5.69 Å². The van der Waals surface area contributed by atoms with Gasteiger partial charge in [-0.1, -0.05) is 0 Å². The van der Waals surface area contributed by atoms with E-state index in [9.17, 15) is 14.9 Å². The highest BCUT2D eigenvalue weighted by molar-refractivity contribution is 5.88. The van der Waals surface area contributed by atoms with E-state index in [4.69, 9.17) is 14.6 Å². The van der Waals surface area contributed by atoms with Crippen LogP contribution in [0.1, 0.15) is 10.4 Å². The summed E-state index contributed by atoms with van der Waals surface area (Å²) in [5.41, 5.74) is -0.512. The van der Waals surface area contributed by atoms with Crippen molar-refractivity contribution in [3.05, 3.63) is 33.9 Å². The van der Waals surface area contributed by atoms with E-state index < -0.39 is 10.9 Å². The second-order valence-corrected chi connectivity index (χ2v) is 4.81. The summed E-state index contributed by atoms with van der Waals surface area (Å²) in [5, 5.41) is 19.8. The highest BCUT2D eigenvalue weighted by atomic mass is 16.6. The molecule has 1 atom stereocenters. The fraction of sp³-hybridized carbons (Fsp3) is 0.462. The number of hydrogen-bond donors (Lipinski definition) is 1. The van der Waals surface area contributed by atoms with Gasteiger partial charge in [0.1, 0.15) is 12.7 Å². The predicted octanol–water partition coefficient (Wildman–Crippen LogP) is 1.00. The smallest absolute Gasteiger partial charge is 0.335 e. The van der Waals surface area contributed by atoms with Gasteiger partial charge in [0, 0.05) is 19.2 Å². The Bertz CT molecular complexity index is 547. The summed E-state index contributed by atoms with van der Waals surface area (Å²) in [7, 11) is 1.96. The number of nitro benzene ring substituents is 1. The van der Waals surface area contributed by atoms with Crippen LogP contribution in [0.15, 0.2) is 18.2 Å². The summed E-state index contributed by atoms with van der Waals surface area (Å²) in [5.74, 6) is -1.18. The molecule has 0 radical (unpaired) electrons. The van der Waals surface area contributed by atoms with Gasteiger partial charge in [0.05, 0.1) is 17.1 Å². The van der Waals surface area contributed by atoms with E-state index in [0.29, 0.717) is 13.2 Å². The number of carbonyl (C=O) groups is 1. The number of likely N-dealkylation sites (N-methyl/N-ethyl adjacent to an activating group) is 1. The van der Waals surface area contributed by atoms with Crippen molar-refractivity contribution < 1.29 is 24.3 Å². The Morgan fingerprint density at radius 2 is 2.38 bits per heavy atom. The normalized spacial score (nSPS) is 19.2. The SMILES string of the molecule is CN1CCOC(COc2ccc(C(=O)O)cc2[N+](=O)[O-])C1. The maximum absolute atomic E-state index is 11.0. The van der Waals surface area contributed by atoms with E-state index in [-0.39, 0.29) is 29.7 Å². The van der Waals surface area contributed by atoms with Gasteiger partial charge in [-0.25, -0.2) is 4.79 Å². The van der Waals surface area contributed by atoms with Crippen molar-refractivity contribution in [2.75, 3.05) is 33.4 Å². The summed E-state index contributed by atoms with van der Waals surface area (Å²) < 4.78 is 10.9. The van der Waals surface area contributed by atoms with Gasteiger partial charge in [-0.2, -0.15) is 0 Å². The molecule has 0 saturated carbocycles. The zero-order valence-corrected chi connectivity index (χ0v) is 11.5. The number of benzene rings is 1. The molecule has 1 fully saturated rings. The number of ether oxygens (including phenoxy) is 2. The molecule has 0 aromatic heterocycles. The molecule has 1 aromatic rings. The summed E-state index contributed by atoms with van der Waals surface area (Å²) in [4.78, 5) is 23.3. The lowest BCUT2D eigenvalue weighted by Gasteiger charge is -2.29. The van der Waals surface area contributed by atoms with E-state index in [1.807, 2.05) is 7.05 Å². The van der Waals surface area contributed by atoms with Gasteiger partial charge in [-0.05, 0) is 19.2 Å². The van der Waals surface area contributed by atoms with Crippen LogP contribution < -0.4 is 4.74 Å². The molecular formula is C13H16N2O6. The third-order valence-electron chi connectivity index (χ3n) is 3.17. The van der Waals surface area contributed by atoms with Crippen LogP contribution in [0.5, 0.6) is 5.75 Å². The maximum atomic E-state index is 11.0. The fourth-order valence-electron chi connectivity index (χ4n) is 2.07. The van der Waals surface area contributed by atoms with Crippen molar-refractivity contribution in [1.29, 1.82) is 0 Å². The minimum Gasteiger partial charge on any atom is -0.484 e. The van der Waals surface area contributed by atoms with Crippen molar-refractivity contribution in [1.82, 2.24) is 4.90 Å². The Balaban J connectivity index is 2.08. The molecule has 8 heteroatoms. The standard InChI is InChI=1S/C13H16N2O6/c1-14-4-5-20-10(7-14)8-21-12-3-2-9(13(16)17)6-11(12)15(18)19/h2-3,6,10H,4-5,7-8H2,1H3,(H,16,17). The fourth-order valence-corrected chi connectivity index (χ4v) is 2.07. The minimum atomic E-state index is -1.22. The van der Waals surface area contributed by atoms with Crippen molar-refractivity contribution in [3.8, 4) is 5.75 Å². The maximum Gasteiger partial charge on any atom is 0.335 e. The number of rotatable bonds is 5. The summed E-state index contributed by atoms with van der Waals surface area (Å²) >= 11 is 0.